The average molecular weight is 293 g/mol. The first-order valence-electron chi connectivity index (χ1n) is 5.59. The number of hydrogen-bond acceptors (Lipinski definition) is 6. The highest BCUT2D eigenvalue weighted by Gasteiger charge is 2.95. The molecular formula is C10H10F3N3O4. The number of alkyl halides is 3. The second kappa shape index (κ2) is 3.51. The van der Waals surface area contributed by atoms with Gasteiger partial charge in [-0.25, -0.2) is 9.18 Å². The number of aromatic nitrogens is 2. The minimum atomic E-state index is -4.07. The van der Waals surface area contributed by atoms with Crippen LogP contribution in [-0.2, 0) is 4.74 Å². The van der Waals surface area contributed by atoms with Gasteiger partial charge in [0.05, 0.1) is 0 Å². The van der Waals surface area contributed by atoms with Crippen LogP contribution < -0.4 is 11.4 Å². The summed E-state index contributed by atoms with van der Waals surface area (Å²) in [6, 6.07) is 1.08. The van der Waals surface area contributed by atoms with Crippen molar-refractivity contribution in [2.24, 2.45) is 0 Å². The van der Waals surface area contributed by atoms with Crippen molar-refractivity contribution in [3.63, 3.8) is 0 Å². The molecule has 1 unspecified atom stereocenters. The van der Waals surface area contributed by atoms with Crippen LogP contribution in [0.5, 0.6) is 0 Å². The number of ether oxygens (including phenoxy) is 1. The number of halogens is 3. The summed E-state index contributed by atoms with van der Waals surface area (Å²) in [5.74, 6) is -4.25. The number of rotatable bonds is 2. The summed E-state index contributed by atoms with van der Waals surface area (Å²) in [5, 5.41) is 19.1. The quantitative estimate of drug-likeness (QED) is 0.632. The molecule has 0 aromatic carbocycles. The number of fused-ring (bicyclic) bond motifs is 1. The molecule has 1 saturated heterocycles. The summed E-state index contributed by atoms with van der Waals surface area (Å²) in [6.07, 6.45) is -3.44. The molecule has 20 heavy (non-hydrogen) atoms. The van der Waals surface area contributed by atoms with Crippen molar-refractivity contribution in [3.8, 4) is 0 Å². The predicted molar refractivity (Wildman–Crippen MR) is 57.6 cm³/mol. The number of nitrogen functional groups attached to an aromatic ring is 1. The number of aliphatic hydroxyl groups excluding tert-OH is 1. The zero-order valence-electron chi connectivity index (χ0n) is 9.83. The lowest BCUT2D eigenvalue weighted by molar-refractivity contribution is -0.202. The molecule has 1 aliphatic carbocycles. The van der Waals surface area contributed by atoms with Crippen LogP contribution in [0.15, 0.2) is 17.1 Å². The van der Waals surface area contributed by atoms with E-state index >= 15 is 0 Å². The van der Waals surface area contributed by atoms with Crippen molar-refractivity contribution in [1.82, 2.24) is 9.55 Å². The van der Waals surface area contributed by atoms with E-state index in [-0.39, 0.29) is 5.82 Å². The van der Waals surface area contributed by atoms with Gasteiger partial charge in [0.25, 0.3) is 0 Å². The summed E-state index contributed by atoms with van der Waals surface area (Å²) in [4.78, 5) is 14.8. The van der Waals surface area contributed by atoms with Crippen molar-refractivity contribution < 1.29 is 28.1 Å². The molecule has 10 heteroatoms. The molecule has 7 nitrogen and oxygen atoms in total. The molecule has 0 radical (unpaired) electrons. The molecule has 2 heterocycles. The molecule has 3 rings (SSSR count). The largest absolute Gasteiger partial charge is 0.386 e. The first-order chi connectivity index (χ1) is 9.22. The maximum absolute atomic E-state index is 14.2. The zero-order chi connectivity index (χ0) is 14.9. The van der Waals surface area contributed by atoms with E-state index < -0.39 is 41.8 Å². The maximum atomic E-state index is 14.2. The monoisotopic (exact) mass is 293 g/mol. The van der Waals surface area contributed by atoms with Gasteiger partial charge in [0.1, 0.15) is 18.6 Å². The lowest BCUT2D eigenvalue weighted by Gasteiger charge is -2.26. The van der Waals surface area contributed by atoms with Crippen molar-refractivity contribution in [3.05, 3.63) is 22.7 Å². The van der Waals surface area contributed by atoms with Crippen molar-refractivity contribution >= 4 is 5.82 Å². The highest BCUT2D eigenvalue weighted by atomic mass is 19.3. The van der Waals surface area contributed by atoms with Gasteiger partial charge in [-0.15, -0.1) is 0 Å². The highest BCUT2D eigenvalue weighted by molar-refractivity contribution is 5.38. The SMILES string of the molecule is Nc1ccn([C@@H]2O[C@]3(CF)C(O)[C@]3(O)C2(F)F)c(=O)n1. The fourth-order valence-corrected chi connectivity index (χ4v) is 2.59. The van der Waals surface area contributed by atoms with Gasteiger partial charge in [-0.05, 0) is 6.07 Å². The Hall–Kier alpha value is -1.65. The molecule has 1 aromatic rings. The van der Waals surface area contributed by atoms with Crippen molar-refractivity contribution in [2.45, 2.75) is 29.5 Å². The average Bonchev–Trinajstić information content (AvgIpc) is 2.78. The molecular weight excluding hydrogens is 283 g/mol. The fourth-order valence-electron chi connectivity index (χ4n) is 2.59. The van der Waals surface area contributed by atoms with Gasteiger partial charge in [-0.2, -0.15) is 13.8 Å². The van der Waals surface area contributed by atoms with E-state index in [1.807, 2.05) is 0 Å². The third kappa shape index (κ3) is 1.17. The van der Waals surface area contributed by atoms with Gasteiger partial charge in [-0.1, -0.05) is 0 Å². The van der Waals surface area contributed by atoms with E-state index in [4.69, 9.17) is 10.5 Å². The topological polar surface area (TPSA) is 111 Å². The molecule has 1 saturated carbocycles. The molecule has 4 atom stereocenters. The van der Waals surface area contributed by atoms with Crippen LogP contribution >= 0.6 is 0 Å². The minimum absolute atomic E-state index is 0.184. The zero-order valence-corrected chi connectivity index (χ0v) is 9.83. The molecule has 2 aliphatic rings. The normalized spacial score (nSPS) is 41.5. The van der Waals surface area contributed by atoms with Gasteiger partial charge < -0.3 is 20.7 Å². The smallest absolute Gasteiger partial charge is 0.351 e. The summed E-state index contributed by atoms with van der Waals surface area (Å²) < 4.78 is 46.4. The summed E-state index contributed by atoms with van der Waals surface area (Å²) in [5.41, 5.74) is -1.41. The van der Waals surface area contributed by atoms with Crippen LogP contribution in [0, 0.1) is 0 Å². The second-order valence-corrected chi connectivity index (χ2v) is 4.83. The Bertz CT molecular complexity index is 638. The Kier molecular flexibility index (Phi) is 2.34. The van der Waals surface area contributed by atoms with E-state index in [1.165, 1.54) is 0 Å². The first-order valence-corrected chi connectivity index (χ1v) is 5.59. The van der Waals surface area contributed by atoms with Crippen LogP contribution in [0.25, 0.3) is 0 Å². The summed E-state index contributed by atoms with van der Waals surface area (Å²) >= 11 is 0. The Morgan fingerprint density at radius 1 is 1.55 bits per heavy atom. The molecule has 1 aliphatic heterocycles. The Labute approximate surface area is 109 Å². The Morgan fingerprint density at radius 3 is 2.70 bits per heavy atom. The maximum Gasteiger partial charge on any atom is 0.351 e. The van der Waals surface area contributed by atoms with Gasteiger partial charge >= 0.3 is 11.6 Å². The van der Waals surface area contributed by atoms with Crippen molar-refractivity contribution in [2.75, 3.05) is 12.4 Å². The minimum Gasteiger partial charge on any atom is -0.386 e. The Balaban J connectivity index is 2.08. The van der Waals surface area contributed by atoms with Crippen molar-refractivity contribution in [1.29, 1.82) is 0 Å². The summed E-state index contributed by atoms with van der Waals surface area (Å²) in [6.45, 7) is -1.52. The lowest BCUT2D eigenvalue weighted by atomic mass is 10.1. The van der Waals surface area contributed by atoms with Gasteiger partial charge in [0, 0.05) is 6.20 Å². The van der Waals surface area contributed by atoms with Gasteiger partial charge in [0.15, 0.2) is 11.2 Å². The second-order valence-electron chi connectivity index (χ2n) is 4.83. The molecule has 0 amide bonds. The molecule has 0 bridgehead atoms. The van der Waals surface area contributed by atoms with Crippen LogP contribution in [0.2, 0.25) is 0 Å². The van der Waals surface area contributed by atoms with E-state index in [2.05, 4.69) is 4.98 Å². The highest BCUT2D eigenvalue weighted by Crippen LogP contribution is 2.69. The van der Waals surface area contributed by atoms with E-state index in [0.717, 1.165) is 12.3 Å². The van der Waals surface area contributed by atoms with Gasteiger partial charge in [0.2, 0.25) is 6.23 Å². The Morgan fingerprint density at radius 2 is 2.20 bits per heavy atom. The van der Waals surface area contributed by atoms with E-state index in [0.29, 0.717) is 4.57 Å². The van der Waals surface area contributed by atoms with Crippen LogP contribution in [0.4, 0.5) is 19.0 Å². The predicted octanol–water partition coefficient (Wildman–Crippen LogP) is -1.20. The molecule has 1 aromatic heterocycles. The number of aliphatic hydroxyl groups is 2. The molecule has 110 valence electrons. The fraction of sp³-hybridized carbons (Fsp3) is 0.600. The number of nitrogens with two attached hydrogens (primary N) is 1. The van der Waals surface area contributed by atoms with Crippen LogP contribution in [-0.4, -0.2) is 49.7 Å². The number of anilines is 1. The summed E-state index contributed by atoms with van der Waals surface area (Å²) in [7, 11) is 0. The standard InChI is InChI=1S/C10H10F3N3O4/c11-3-8-5(17)9(8,19)10(12,13)6(20-8)16-2-1-4(14)15-7(16)18/h1-2,5-6,17,19H,3H2,(H2,14,15,18)/t5?,6-,8-,9-/m1/s1. The molecule has 4 N–H and O–H groups in total. The molecule has 2 fully saturated rings. The van der Waals surface area contributed by atoms with E-state index in [9.17, 15) is 28.2 Å². The van der Waals surface area contributed by atoms with Gasteiger partial charge in [-0.3, -0.25) is 4.57 Å². The third-order valence-electron chi connectivity index (χ3n) is 3.84. The van der Waals surface area contributed by atoms with Crippen LogP contribution in [0.1, 0.15) is 6.23 Å². The van der Waals surface area contributed by atoms with E-state index in [1.54, 1.807) is 0 Å². The molecule has 0 spiro atoms. The number of nitrogens with zero attached hydrogens (tertiary/aromatic N) is 2. The number of hydrogen-bond donors (Lipinski definition) is 3. The van der Waals surface area contributed by atoms with Crippen LogP contribution in [0.3, 0.4) is 0 Å². The first kappa shape index (κ1) is 13.3. The lowest BCUT2D eigenvalue weighted by Crippen LogP contribution is -2.46. The third-order valence-corrected chi connectivity index (χ3v) is 3.84.